The van der Waals surface area contributed by atoms with Gasteiger partial charge in [0.25, 0.3) is 0 Å². The summed E-state index contributed by atoms with van der Waals surface area (Å²) in [4.78, 5) is 12.3. The van der Waals surface area contributed by atoms with Crippen LogP contribution < -0.4 is 10.2 Å². The molecule has 0 unspecified atom stereocenters. The Morgan fingerprint density at radius 3 is 2.28 bits per heavy atom. The monoisotopic (exact) mass is 384 g/mol. The third-order valence-electron chi connectivity index (χ3n) is 5.29. The van der Waals surface area contributed by atoms with E-state index in [9.17, 15) is 0 Å². The standard InChI is InChI=1S/C23H24N6/c1-17-16-21(29(27-17)18-10-4-2-5-11-18)26-22-23(28-14-8-3-9-15-28)25-20-13-7-6-12-19(20)24-22/h2,4-7,10-13,16H,3,8-9,14-15H2,1H3,(H,24,26). The van der Waals surface area contributed by atoms with E-state index in [1.165, 1.54) is 19.3 Å². The minimum absolute atomic E-state index is 0.780. The van der Waals surface area contributed by atoms with Crippen molar-refractivity contribution in [2.75, 3.05) is 23.3 Å². The summed E-state index contributed by atoms with van der Waals surface area (Å²) in [6, 6.07) is 20.2. The number of para-hydroxylation sites is 3. The van der Waals surface area contributed by atoms with Gasteiger partial charge < -0.3 is 10.2 Å². The molecule has 2 aromatic heterocycles. The molecule has 0 aliphatic carbocycles. The van der Waals surface area contributed by atoms with Gasteiger partial charge in [0, 0.05) is 19.2 Å². The van der Waals surface area contributed by atoms with E-state index >= 15 is 0 Å². The zero-order valence-electron chi connectivity index (χ0n) is 16.5. The maximum atomic E-state index is 4.98. The second kappa shape index (κ2) is 7.54. The Morgan fingerprint density at radius 1 is 0.828 bits per heavy atom. The molecule has 6 nitrogen and oxygen atoms in total. The summed E-state index contributed by atoms with van der Waals surface area (Å²) in [7, 11) is 0. The van der Waals surface area contributed by atoms with Crippen LogP contribution in [0.2, 0.25) is 0 Å². The van der Waals surface area contributed by atoms with Crippen molar-refractivity contribution in [3.63, 3.8) is 0 Å². The number of rotatable bonds is 4. The highest BCUT2D eigenvalue weighted by Crippen LogP contribution is 2.30. The smallest absolute Gasteiger partial charge is 0.175 e. The fourth-order valence-corrected chi connectivity index (χ4v) is 3.88. The van der Waals surface area contributed by atoms with Crippen molar-refractivity contribution in [2.45, 2.75) is 26.2 Å². The van der Waals surface area contributed by atoms with Gasteiger partial charge in [0.2, 0.25) is 0 Å². The number of anilines is 3. The van der Waals surface area contributed by atoms with E-state index < -0.39 is 0 Å². The number of fused-ring (bicyclic) bond motifs is 1. The van der Waals surface area contributed by atoms with Gasteiger partial charge >= 0.3 is 0 Å². The van der Waals surface area contributed by atoms with Crippen LogP contribution in [0.1, 0.15) is 25.0 Å². The lowest BCUT2D eigenvalue weighted by atomic mass is 10.1. The first kappa shape index (κ1) is 17.7. The summed E-state index contributed by atoms with van der Waals surface area (Å²) < 4.78 is 1.92. The predicted molar refractivity (Wildman–Crippen MR) is 117 cm³/mol. The lowest BCUT2D eigenvalue weighted by Gasteiger charge is -2.29. The van der Waals surface area contributed by atoms with Crippen LogP contribution in [0.15, 0.2) is 60.7 Å². The molecule has 3 heterocycles. The second-order valence-electron chi connectivity index (χ2n) is 7.48. The lowest BCUT2D eigenvalue weighted by Crippen LogP contribution is -2.31. The fourth-order valence-electron chi connectivity index (χ4n) is 3.88. The Morgan fingerprint density at radius 2 is 1.52 bits per heavy atom. The molecule has 146 valence electrons. The molecule has 2 aromatic carbocycles. The van der Waals surface area contributed by atoms with Gasteiger partial charge in [-0.15, -0.1) is 0 Å². The van der Waals surface area contributed by atoms with E-state index in [4.69, 9.17) is 9.97 Å². The van der Waals surface area contributed by atoms with Gasteiger partial charge in [0.05, 0.1) is 22.4 Å². The highest BCUT2D eigenvalue weighted by Gasteiger charge is 2.20. The Hall–Kier alpha value is -3.41. The number of nitrogens with one attached hydrogen (secondary N) is 1. The molecule has 1 saturated heterocycles. The first-order valence-electron chi connectivity index (χ1n) is 10.2. The largest absolute Gasteiger partial charge is 0.354 e. The first-order valence-corrected chi connectivity index (χ1v) is 10.2. The van der Waals surface area contributed by atoms with Crippen LogP contribution in [0.3, 0.4) is 0 Å². The summed E-state index contributed by atoms with van der Waals surface area (Å²) in [5, 5.41) is 8.21. The van der Waals surface area contributed by atoms with Crippen LogP contribution in [0.4, 0.5) is 17.5 Å². The molecular weight excluding hydrogens is 360 g/mol. The van der Waals surface area contributed by atoms with Gasteiger partial charge in [-0.1, -0.05) is 30.3 Å². The Balaban J connectivity index is 1.60. The molecule has 1 aliphatic heterocycles. The minimum atomic E-state index is 0.780. The Labute approximate surface area is 170 Å². The normalized spacial score (nSPS) is 14.3. The topological polar surface area (TPSA) is 58.9 Å². The van der Waals surface area contributed by atoms with Crippen molar-refractivity contribution in [1.82, 2.24) is 19.7 Å². The molecule has 6 heteroatoms. The van der Waals surface area contributed by atoms with Gasteiger partial charge in [-0.2, -0.15) is 5.10 Å². The SMILES string of the molecule is Cc1cc(Nc2nc3ccccc3nc2N2CCCCC2)n(-c2ccccc2)n1. The van der Waals surface area contributed by atoms with Gasteiger partial charge in [-0.25, -0.2) is 14.6 Å². The number of aromatic nitrogens is 4. The van der Waals surface area contributed by atoms with E-state index in [2.05, 4.69) is 27.4 Å². The molecule has 0 amide bonds. The average Bonchev–Trinajstić information content (AvgIpc) is 3.14. The van der Waals surface area contributed by atoms with Crippen molar-refractivity contribution in [1.29, 1.82) is 0 Å². The molecule has 1 aliphatic rings. The number of hydrogen-bond acceptors (Lipinski definition) is 5. The van der Waals surface area contributed by atoms with Crippen molar-refractivity contribution >= 4 is 28.5 Å². The number of piperidine rings is 1. The number of nitrogens with zero attached hydrogens (tertiary/aromatic N) is 5. The van der Waals surface area contributed by atoms with Gasteiger partial charge in [-0.3, -0.25) is 0 Å². The lowest BCUT2D eigenvalue weighted by molar-refractivity contribution is 0.574. The van der Waals surface area contributed by atoms with E-state index in [-0.39, 0.29) is 0 Å². The van der Waals surface area contributed by atoms with Gasteiger partial charge in [0.15, 0.2) is 11.6 Å². The van der Waals surface area contributed by atoms with Crippen molar-refractivity contribution in [3.05, 3.63) is 66.4 Å². The zero-order valence-corrected chi connectivity index (χ0v) is 16.5. The molecule has 29 heavy (non-hydrogen) atoms. The number of benzene rings is 2. The molecular formula is C23H24N6. The minimum Gasteiger partial charge on any atom is -0.354 e. The molecule has 0 atom stereocenters. The molecule has 0 radical (unpaired) electrons. The molecule has 1 fully saturated rings. The van der Waals surface area contributed by atoms with Crippen LogP contribution >= 0.6 is 0 Å². The van der Waals surface area contributed by atoms with E-state index in [1.807, 2.05) is 60.1 Å². The maximum absolute atomic E-state index is 4.98. The van der Waals surface area contributed by atoms with Crippen LogP contribution in [-0.2, 0) is 0 Å². The molecule has 0 spiro atoms. The summed E-state index contributed by atoms with van der Waals surface area (Å²) in [5.41, 5.74) is 3.77. The van der Waals surface area contributed by atoms with Crippen LogP contribution in [0.5, 0.6) is 0 Å². The zero-order chi connectivity index (χ0) is 19.6. The maximum Gasteiger partial charge on any atom is 0.175 e. The van der Waals surface area contributed by atoms with Gasteiger partial charge in [-0.05, 0) is 50.5 Å². The van der Waals surface area contributed by atoms with Gasteiger partial charge in [0.1, 0.15) is 5.82 Å². The first-order chi connectivity index (χ1) is 14.3. The molecule has 5 rings (SSSR count). The van der Waals surface area contributed by atoms with Crippen molar-refractivity contribution in [2.24, 2.45) is 0 Å². The molecule has 0 saturated carbocycles. The fraction of sp³-hybridized carbons (Fsp3) is 0.261. The van der Waals surface area contributed by atoms with Crippen molar-refractivity contribution in [3.8, 4) is 5.69 Å². The summed E-state index contributed by atoms with van der Waals surface area (Å²) in [6.45, 7) is 4.03. The highest BCUT2D eigenvalue weighted by atomic mass is 15.3. The van der Waals surface area contributed by atoms with E-state index in [0.29, 0.717) is 0 Å². The Kier molecular flexibility index (Phi) is 4.60. The van der Waals surface area contributed by atoms with Crippen LogP contribution in [0.25, 0.3) is 16.7 Å². The average molecular weight is 384 g/mol. The summed E-state index contributed by atoms with van der Waals surface area (Å²) in [6.07, 6.45) is 3.66. The third kappa shape index (κ3) is 3.53. The molecule has 4 aromatic rings. The highest BCUT2D eigenvalue weighted by molar-refractivity contribution is 5.82. The molecule has 0 bridgehead atoms. The van der Waals surface area contributed by atoms with Crippen molar-refractivity contribution < 1.29 is 0 Å². The quantitative estimate of drug-likeness (QED) is 0.545. The third-order valence-corrected chi connectivity index (χ3v) is 5.29. The van der Waals surface area contributed by atoms with Crippen LogP contribution in [-0.4, -0.2) is 32.8 Å². The number of hydrogen-bond donors (Lipinski definition) is 1. The summed E-state index contributed by atoms with van der Waals surface area (Å²) in [5.74, 6) is 2.58. The van der Waals surface area contributed by atoms with E-state index in [0.717, 1.165) is 53.0 Å². The summed E-state index contributed by atoms with van der Waals surface area (Å²) >= 11 is 0. The van der Waals surface area contributed by atoms with Crippen LogP contribution in [0, 0.1) is 6.92 Å². The Bertz CT molecular complexity index is 1130. The predicted octanol–water partition coefficient (Wildman–Crippen LogP) is 4.86. The number of aryl methyl sites for hydroxylation is 1. The van der Waals surface area contributed by atoms with E-state index in [1.54, 1.807) is 0 Å². The second-order valence-corrected chi connectivity index (χ2v) is 7.48. The molecule has 1 N–H and O–H groups in total.